The summed E-state index contributed by atoms with van der Waals surface area (Å²) in [4.78, 5) is 13.3. The van der Waals surface area contributed by atoms with Crippen LogP contribution in [-0.4, -0.2) is 60.3 Å². The number of piperazine rings is 1. The van der Waals surface area contributed by atoms with E-state index in [-0.39, 0.29) is 5.69 Å². The third-order valence-electron chi connectivity index (χ3n) is 3.08. The highest BCUT2D eigenvalue weighted by molar-refractivity contribution is 5.90. The summed E-state index contributed by atoms with van der Waals surface area (Å²) in [5.74, 6) is 0.114. The lowest BCUT2D eigenvalue weighted by molar-refractivity contribution is 0.0994. The van der Waals surface area contributed by atoms with Crippen LogP contribution in [0.15, 0.2) is 12.1 Å². The third-order valence-corrected chi connectivity index (χ3v) is 3.08. The zero-order valence-corrected chi connectivity index (χ0v) is 10.9. The minimum atomic E-state index is -0.558. The van der Waals surface area contributed by atoms with Gasteiger partial charge in [0.15, 0.2) is 5.69 Å². The molecule has 7 nitrogen and oxygen atoms in total. The molecule has 4 N–H and O–H groups in total. The molecule has 1 aromatic heterocycles. The number of rotatable bonds is 6. The summed E-state index contributed by atoms with van der Waals surface area (Å²) in [5.41, 5.74) is 5.28. The van der Waals surface area contributed by atoms with E-state index in [4.69, 9.17) is 5.73 Å². The molecule has 1 aliphatic rings. The van der Waals surface area contributed by atoms with E-state index in [1.54, 1.807) is 12.1 Å². The van der Waals surface area contributed by atoms with Gasteiger partial charge in [-0.05, 0) is 25.1 Å². The van der Waals surface area contributed by atoms with Gasteiger partial charge in [0, 0.05) is 32.7 Å². The van der Waals surface area contributed by atoms with Crippen LogP contribution in [-0.2, 0) is 0 Å². The molecule has 0 saturated carbocycles. The number of aromatic nitrogens is 2. The Morgan fingerprint density at radius 2 is 2.16 bits per heavy atom. The molecule has 0 radical (unpaired) electrons. The molecule has 19 heavy (non-hydrogen) atoms. The maximum absolute atomic E-state index is 10.8. The van der Waals surface area contributed by atoms with Gasteiger partial charge in [-0.1, -0.05) is 0 Å². The van der Waals surface area contributed by atoms with E-state index in [1.165, 1.54) is 0 Å². The molecule has 0 aromatic carbocycles. The number of hydrogen-bond acceptors (Lipinski definition) is 6. The number of primary amides is 1. The number of nitrogens with zero attached hydrogens (tertiary/aromatic N) is 3. The van der Waals surface area contributed by atoms with Gasteiger partial charge in [0.05, 0.1) is 0 Å². The molecule has 0 unspecified atom stereocenters. The lowest BCUT2D eigenvalue weighted by Crippen LogP contribution is -2.44. The Labute approximate surface area is 112 Å². The Kier molecular flexibility index (Phi) is 5.05. The summed E-state index contributed by atoms with van der Waals surface area (Å²) >= 11 is 0. The van der Waals surface area contributed by atoms with E-state index in [0.29, 0.717) is 5.82 Å². The topological polar surface area (TPSA) is 96.2 Å². The molecule has 0 aliphatic carbocycles. The smallest absolute Gasteiger partial charge is 0.269 e. The van der Waals surface area contributed by atoms with Crippen LogP contribution in [0.5, 0.6) is 0 Å². The van der Waals surface area contributed by atoms with Crippen molar-refractivity contribution in [2.75, 3.05) is 44.6 Å². The molecule has 0 bridgehead atoms. The van der Waals surface area contributed by atoms with Crippen molar-refractivity contribution in [1.82, 2.24) is 20.4 Å². The molecular weight excluding hydrogens is 244 g/mol. The fourth-order valence-corrected chi connectivity index (χ4v) is 2.01. The first-order valence-electron chi connectivity index (χ1n) is 6.56. The van der Waals surface area contributed by atoms with Crippen molar-refractivity contribution < 1.29 is 4.79 Å². The van der Waals surface area contributed by atoms with Crippen molar-refractivity contribution in [3.63, 3.8) is 0 Å². The SMILES string of the molecule is NC(=O)c1ccc(NCCCN2CCNCC2)nn1. The summed E-state index contributed by atoms with van der Waals surface area (Å²) in [6, 6.07) is 3.30. The molecule has 0 spiro atoms. The molecule has 2 heterocycles. The summed E-state index contributed by atoms with van der Waals surface area (Å²) in [5, 5.41) is 14.2. The predicted molar refractivity (Wildman–Crippen MR) is 73.0 cm³/mol. The second kappa shape index (κ2) is 7.01. The quantitative estimate of drug-likeness (QED) is 0.587. The van der Waals surface area contributed by atoms with Gasteiger partial charge in [0.2, 0.25) is 0 Å². The van der Waals surface area contributed by atoms with Crippen LogP contribution >= 0.6 is 0 Å². The van der Waals surface area contributed by atoms with E-state index in [9.17, 15) is 4.79 Å². The zero-order chi connectivity index (χ0) is 13.5. The zero-order valence-electron chi connectivity index (χ0n) is 10.9. The van der Waals surface area contributed by atoms with Crippen molar-refractivity contribution in [2.45, 2.75) is 6.42 Å². The van der Waals surface area contributed by atoms with Gasteiger partial charge in [-0.15, -0.1) is 10.2 Å². The van der Waals surface area contributed by atoms with Crippen LogP contribution in [0, 0.1) is 0 Å². The van der Waals surface area contributed by atoms with Crippen LogP contribution in [0.4, 0.5) is 5.82 Å². The molecular formula is C12H20N6O. The van der Waals surface area contributed by atoms with Crippen molar-refractivity contribution in [1.29, 1.82) is 0 Å². The largest absolute Gasteiger partial charge is 0.369 e. The van der Waals surface area contributed by atoms with Crippen LogP contribution < -0.4 is 16.4 Å². The van der Waals surface area contributed by atoms with E-state index in [2.05, 4.69) is 25.7 Å². The standard InChI is InChI=1S/C12H20N6O/c13-12(19)10-2-3-11(17-16-10)15-4-1-7-18-8-5-14-6-9-18/h2-3,14H,1,4-9H2,(H2,13,19)(H,15,17). The highest BCUT2D eigenvalue weighted by Crippen LogP contribution is 2.02. The van der Waals surface area contributed by atoms with Gasteiger partial charge in [0.1, 0.15) is 5.82 Å². The average Bonchev–Trinajstić information content (AvgIpc) is 2.45. The van der Waals surface area contributed by atoms with E-state index in [0.717, 1.165) is 45.7 Å². The monoisotopic (exact) mass is 264 g/mol. The van der Waals surface area contributed by atoms with Crippen LogP contribution in [0.3, 0.4) is 0 Å². The van der Waals surface area contributed by atoms with Gasteiger partial charge < -0.3 is 21.3 Å². The Hall–Kier alpha value is -1.73. The van der Waals surface area contributed by atoms with Gasteiger partial charge in [-0.3, -0.25) is 4.79 Å². The van der Waals surface area contributed by atoms with Crippen LogP contribution in [0.1, 0.15) is 16.9 Å². The van der Waals surface area contributed by atoms with Gasteiger partial charge in [-0.2, -0.15) is 0 Å². The lowest BCUT2D eigenvalue weighted by atomic mass is 10.3. The molecule has 1 fully saturated rings. The minimum Gasteiger partial charge on any atom is -0.369 e. The maximum atomic E-state index is 10.8. The van der Waals surface area contributed by atoms with Crippen molar-refractivity contribution >= 4 is 11.7 Å². The number of nitrogens with two attached hydrogens (primary N) is 1. The summed E-state index contributed by atoms with van der Waals surface area (Å²) in [6.45, 7) is 6.32. The normalized spacial score (nSPS) is 16.2. The average molecular weight is 264 g/mol. The highest BCUT2D eigenvalue weighted by Gasteiger charge is 2.08. The van der Waals surface area contributed by atoms with E-state index in [1.807, 2.05) is 0 Å². The highest BCUT2D eigenvalue weighted by atomic mass is 16.1. The fraction of sp³-hybridized carbons (Fsp3) is 0.583. The van der Waals surface area contributed by atoms with Crippen molar-refractivity contribution in [3.05, 3.63) is 17.8 Å². The number of carbonyl (C=O) groups is 1. The number of carbonyl (C=O) groups excluding carboxylic acids is 1. The molecule has 2 rings (SSSR count). The lowest BCUT2D eigenvalue weighted by Gasteiger charge is -2.27. The van der Waals surface area contributed by atoms with Gasteiger partial charge >= 0.3 is 0 Å². The van der Waals surface area contributed by atoms with Crippen LogP contribution in [0.2, 0.25) is 0 Å². The predicted octanol–water partition coefficient (Wildman–Crippen LogP) is -0.717. The Balaban J connectivity index is 1.66. The summed E-state index contributed by atoms with van der Waals surface area (Å²) in [7, 11) is 0. The Bertz CT molecular complexity index is 401. The fourth-order valence-electron chi connectivity index (χ4n) is 2.01. The molecule has 7 heteroatoms. The molecule has 1 aliphatic heterocycles. The second-order valence-corrected chi connectivity index (χ2v) is 4.54. The molecule has 1 saturated heterocycles. The first kappa shape index (κ1) is 13.7. The molecule has 1 amide bonds. The minimum absolute atomic E-state index is 0.186. The van der Waals surface area contributed by atoms with Crippen molar-refractivity contribution in [3.8, 4) is 0 Å². The first-order valence-corrected chi connectivity index (χ1v) is 6.56. The third kappa shape index (κ3) is 4.46. The number of nitrogens with one attached hydrogen (secondary N) is 2. The first-order chi connectivity index (χ1) is 9.25. The Morgan fingerprint density at radius 3 is 2.79 bits per heavy atom. The van der Waals surface area contributed by atoms with E-state index < -0.39 is 5.91 Å². The maximum Gasteiger partial charge on any atom is 0.269 e. The van der Waals surface area contributed by atoms with Gasteiger partial charge in [0.25, 0.3) is 5.91 Å². The molecule has 104 valence electrons. The van der Waals surface area contributed by atoms with Crippen molar-refractivity contribution in [2.24, 2.45) is 5.73 Å². The molecule has 0 atom stereocenters. The van der Waals surface area contributed by atoms with E-state index >= 15 is 0 Å². The molecule has 1 aromatic rings. The van der Waals surface area contributed by atoms with Gasteiger partial charge in [-0.25, -0.2) is 0 Å². The summed E-state index contributed by atoms with van der Waals surface area (Å²) < 4.78 is 0. The van der Waals surface area contributed by atoms with Crippen LogP contribution in [0.25, 0.3) is 0 Å². The second-order valence-electron chi connectivity index (χ2n) is 4.54. The summed E-state index contributed by atoms with van der Waals surface area (Å²) in [6.07, 6.45) is 1.05. The number of anilines is 1. The Morgan fingerprint density at radius 1 is 1.37 bits per heavy atom. The number of hydrogen-bond donors (Lipinski definition) is 3. The number of amides is 1.